The first-order chi connectivity index (χ1) is 11.1. The van der Waals surface area contributed by atoms with Crippen molar-refractivity contribution in [2.45, 2.75) is 13.1 Å². The Hall–Kier alpha value is -2.69. The van der Waals surface area contributed by atoms with Crippen molar-refractivity contribution in [2.24, 2.45) is 4.99 Å². The quantitative estimate of drug-likeness (QED) is 0.658. The molecule has 2 aromatic rings. The molecule has 5 nitrogen and oxygen atoms in total. The van der Waals surface area contributed by atoms with Gasteiger partial charge in [-0.05, 0) is 23.3 Å². The van der Waals surface area contributed by atoms with Crippen LogP contribution in [0.1, 0.15) is 11.1 Å². The average molecular weight is 313 g/mol. The first kappa shape index (κ1) is 16.7. The summed E-state index contributed by atoms with van der Waals surface area (Å²) in [6, 6.07) is 15.5. The number of benzene rings is 2. The first-order valence-electron chi connectivity index (χ1n) is 7.45. The minimum absolute atomic E-state index is 0.129. The molecule has 0 saturated heterocycles. The molecule has 0 amide bonds. The van der Waals surface area contributed by atoms with Crippen LogP contribution < -0.4 is 10.1 Å². The van der Waals surface area contributed by atoms with Crippen molar-refractivity contribution in [1.29, 1.82) is 0 Å². The lowest BCUT2D eigenvalue weighted by Gasteiger charge is -2.18. The molecule has 0 aliphatic carbocycles. The van der Waals surface area contributed by atoms with E-state index in [0.29, 0.717) is 18.8 Å². The minimum Gasteiger partial charge on any atom is -0.504 e. The molecule has 2 rings (SSSR count). The molecule has 2 aromatic carbocycles. The number of methoxy groups -OCH3 is 1. The summed E-state index contributed by atoms with van der Waals surface area (Å²) in [6.45, 7) is 1.19. The zero-order valence-electron chi connectivity index (χ0n) is 13.8. The standard InChI is InChI=1S/C18H23N3O2/c1-21(2)18(19-12-14-7-5-4-6-8-14)20-13-15-9-10-17(23-3)16(22)11-15/h4-11,22H,12-13H2,1-3H3,(H,19,20). The number of aliphatic imine (C=N–C) groups is 1. The van der Waals surface area contributed by atoms with Gasteiger partial charge >= 0.3 is 0 Å². The van der Waals surface area contributed by atoms with E-state index in [9.17, 15) is 5.11 Å². The molecular weight excluding hydrogens is 290 g/mol. The van der Waals surface area contributed by atoms with Gasteiger partial charge in [-0.3, -0.25) is 0 Å². The van der Waals surface area contributed by atoms with Crippen LogP contribution in [0.2, 0.25) is 0 Å². The molecule has 0 aliphatic heterocycles. The van der Waals surface area contributed by atoms with E-state index in [1.807, 2.05) is 43.3 Å². The number of rotatable bonds is 5. The van der Waals surface area contributed by atoms with Crippen molar-refractivity contribution < 1.29 is 9.84 Å². The van der Waals surface area contributed by atoms with E-state index in [-0.39, 0.29) is 5.75 Å². The van der Waals surface area contributed by atoms with Gasteiger partial charge in [-0.2, -0.15) is 0 Å². The molecule has 2 N–H and O–H groups in total. The van der Waals surface area contributed by atoms with Gasteiger partial charge in [-0.25, -0.2) is 4.99 Å². The summed E-state index contributed by atoms with van der Waals surface area (Å²) in [6.07, 6.45) is 0. The summed E-state index contributed by atoms with van der Waals surface area (Å²) >= 11 is 0. The van der Waals surface area contributed by atoms with Gasteiger partial charge < -0.3 is 20.1 Å². The van der Waals surface area contributed by atoms with Crippen LogP contribution in [-0.2, 0) is 13.1 Å². The summed E-state index contributed by atoms with van der Waals surface area (Å²) in [5, 5.41) is 13.1. The maximum Gasteiger partial charge on any atom is 0.194 e. The number of phenols is 1. The highest BCUT2D eigenvalue weighted by atomic mass is 16.5. The van der Waals surface area contributed by atoms with Crippen LogP contribution in [0.15, 0.2) is 53.5 Å². The number of aromatic hydroxyl groups is 1. The third-order valence-corrected chi connectivity index (χ3v) is 3.37. The highest BCUT2D eigenvalue weighted by Gasteiger charge is 2.04. The second-order valence-electron chi connectivity index (χ2n) is 5.38. The van der Waals surface area contributed by atoms with E-state index >= 15 is 0 Å². The summed E-state index contributed by atoms with van der Waals surface area (Å²) in [4.78, 5) is 6.52. The number of hydrogen-bond acceptors (Lipinski definition) is 3. The van der Waals surface area contributed by atoms with Crippen LogP contribution in [0.5, 0.6) is 11.5 Å². The Kier molecular flexibility index (Phi) is 5.86. The van der Waals surface area contributed by atoms with Crippen molar-refractivity contribution in [1.82, 2.24) is 10.2 Å². The molecule has 5 heteroatoms. The van der Waals surface area contributed by atoms with Crippen LogP contribution in [-0.4, -0.2) is 37.2 Å². The lowest BCUT2D eigenvalue weighted by atomic mass is 10.2. The smallest absolute Gasteiger partial charge is 0.194 e. The van der Waals surface area contributed by atoms with E-state index < -0.39 is 0 Å². The molecule has 0 fully saturated rings. The third kappa shape index (κ3) is 4.92. The Morgan fingerprint density at radius 1 is 1.13 bits per heavy atom. The van der Waals surface area contributed by atoms with Crippen molar-refractivity contribution in [3.63, 3.8) is 0 Å². The van der Waals surface area contributed by atoms with Crippen LogP contribution in [0, 0.1) is 0 Å². The molecule has 0 aliphatic rings. The van der Waals surface area contributed by atoms with Crippen LogP contribution in [0.4, 0.5) is 0 Å². The highest BCUT2D eigenvalue weighted by molar-refractivity contribution is 5.79. The zero-order chi connectivity index (χ0) is 16.7. The second-order valence-corrected chi connectivity index (χ2v) is 5.38. The Morgan fingerprint density at radius 3 is 2.48 bits per heavy atom. The molecule has 0 heterocycles. The van der Waals surface area contributed by atoms with Crippen LogP contribution in [0.25, 0.3) is 0 Å². The second kappa shape index (κ2) is 8.08. The number of nitrogens with one attached hydrogen (secondary N) is 1. The lowest BCUT2D eigenvalue weighted by Crippen LogP contribution is -2.36. The number of nitrogens with zero attached hydrogens (tertiary/aromatic N) is 2. The normalized spacial score (nSPS) is 11.2. The summed E-state index contributed by atoms with van der Waals surface area (Å²) in [5.41, 5.74) is 2.12. The number of ether oxygens (including phenoxy) is 1. The molecule has 0 bridgehead atoms. The van der Waals surface area contributed by atoms with E-state index in [4.69, 9.17) is 4.74 Å². The van der Waals surface area contributed by atoms with E-state index in [2.05, 4.69) is 22.4 Å². The van der Waals surface area contributed by atoms with E-state index in [0.717, 1.165) is 11.5 Å². The Bertz CT molecular complexity index is 655. The third-order valence-electron chi connectivity index (χ3n) is 3.37. The maximum atomic E-state index is 9.82. The molecule has 23 heavy (non-hydrogen) atoms. The van der Waals surface area contributed by atoms with Crippen molar-refractivity contribution >= 4 is 5.96 Å². The van der Waals surface area contributed by atoms with E-state index in [1.54, 1.807) is 12.1 Å². The molecule has 0 spiro atoms. The topological polar surface area (TPSA) is 57.1 Å². The first-order valence-corrected chi connectivity index (χ1v) is 7.45. The van der Waals surface area contributed by atoms with Crippen molar-refractivity contribution in [2.75, 3.05) is 21.2 Å². The summed E-state index contributed by atoms with van der Waals surface area (Å²) in [7, 11) is 5.43. The molecule has 0 atom stereocenters. The van der Waals surface area contributed by atoms with Gasteiger partial charge in [0, 0.05) is 20.6 Å². The molecule has 122 valence electrons. The molecule has 0 saturated carbocycles. The van der Waals surface area contributed by atoms with Gasteiger partial charge in [0.25, 0.3) is 0 Å². The number of guanidine groups is 1. The predicted octanol–water partition coefficient (Wildman–Crippen LogP) is 2.61. The fraction of sp³-hybridized carbons (Fsp3) is 0.278. The Balaban J connectivity index is 2.02. The lowest BCUT2D eigenvalue weighted by molar-refractivity contribution is 0.373. The number of hydrogen-bond donors (Lipinski definition) is 2. The fourth-order valence-corrected chi connectivity index (χ4v) is 2.13. The van der Waals surface area contributed by atoms with Crippen LogP contribution in [0.3, 0.4) is 0 Å². The van der Waals surface area contributed by atoms with Crippen molar-refractivity contribution in [3.8, 4) is 11.5 Å². The summed E-state index contributed by atoms with van der Waals surface area (Å²) < 4.78 is 5.04. The average Bonchev–Trinajstić information content (AvgIpc) is 2.55. The molecule has 0 unspecified atom stereocenters. The van der Waals surface area contributed by atoms with Gasteiger partial charge in [0.05, 0.1) is 13.7 Å². The predicted molar refractivity (Wildman–Crippen MR) is 92.8 cm³/mol. The van der Waals surface area contributed by atoms with Gasteiger partial charge in [-0.15, -0.1) is 0 Å². The number of phenolic OH excluding ortho intramolecular Hbond substituents is 1. The minimum atomic E-state index is 0.129. The fourth-order valence-electron chi connectivity index (χ4n) is 2.13. The van der Waals surface area contributed by atoms with E-state index in [1.165, 1.54) is 12.7 Å². The zero-order valence-corrected chi connectivity index (χ0v) is 13.8. The molecule has 0 aromatic heterocycles. The van der Waals surface area contributed by atoms with Gasteiger partial charge in [0.1, 0.15) is 0 Å². The van der Waals surface area contributed by atoms with Gasteiger partial charge in [0.15, 0.2) is 17.5 Å². The Morgan fingerprint density at radius 2 is 1.87 bits per heavy atom. The Labute approximate surface area is 137 Å². The molecule has 0 radical (unpaired) electrons. The highest BCUT2D eigenvalue weighted by Crippen LogP contribution is 2.26. The van der Waals surface area contributed by atoms with Gasteiger partial charge in [0.2, 0.25) is 0 Å². The SMILES string of the molecule is COc1ccc(CN=C(NCc2ccccc2)N(C)C)cc1O. The summed E-state index contributed by atoms with van der Waals surface area (Å²) in [5.74, 6) is 1.39. The van der Waals surface area contributed by atoms with Crippen LogP contribution >= 0.6 is 0 Å². The largest absolute Gasteiger partial charge is 0.504 e. The molecular formula is C18H23N3O2. The maximum absolute atomic E-state index is 9.82. The van der Waals surface area contributed by atoms with Gasteiger partial charge in [-0.1, -0.05) is 36.4 Å². The van der Waals surface area contributed by atoms with Crippen molar-refractivity contribution in [3.05, 3.63) is 59.7 Å². The monoisotopic (exact) mass is 313 g/mol.